The van der Waals surface area contributed by atoms with Gasteiger partial charge in [-0.15, -0.1) is 0 Å². The lowest BCUT2D eigenvalue weighted by Gasteiger charge is -2.38. The van der Waals surface area contributed by atoms with Crippen molar-refractivity contribution >= 4 is 12.0 Å². The first kappa shape index (κ1) is 22.0. The van der Waals surface area contributed by atoms with Gasteiger partial charge in [0.1, 0.15) is 5.41 Å². The van der Waals surface area contributed by atoms with Crippen molar-refractivity contribution < 1.29 is 9.28 Å². The number of nitrogens with two attached hydrogens (primary N) is 1. The largest absolute Gasteiger partial charge is 0.369 e. The van der Waals surface area contributed by atoms with Crippen molar-refractivity contribution in [2.45, 2.75) is 18.3 Å². The number of hydrogen-bond donors (Lipinski definition) is 1. The smallest absolute Gasteiger partial charge is 0.233 e. The molecular formula is C29H33N2O+. The molecule has 164 valence electrons. The molecule has 0 saturated carbocycles. The van der Waals surface area contributed by atoms with Gasteiger partial charge in [0, 0.05) is 18.8 Å². The minimum Gasteiger partial charge on any atom is -0.369 e. The minimum absolute atomic E-state index is 0.160. The number of hydrogen-bond acceptors (Lipinski definition) is 1. The van der Waals surface area contributed by atoms with Crippen LogP contribution in [0.3, 0.4) is 0 Å². The molecule has 4 rings (SSSR count). The quantitative estimate of drug-likeness (QED) is 0.506. The highest BCUT2D eigenvalue weighted by atomic mass is 16.1. The Bertz CT molecular complexity index is 1010. The lowest BCUT2D eigenvalue weighted by atomic mass is 9.64. The molecule has 2 atom stereocenters. The molecule has 32 heavy (non-hydrogen) atoms. The van der Waals surface area contributed by atoms with E-state index in [4.69, 9.17) is 5.73 Å². The van der Waals surface area contributed by atoms with Crippen LogP contribution in [0.1, 0.15) is 29.5 Å². The van der Waals surface area contributed by atoms with Gasteiger partial charge in [0.15, 0.2) is 0 Å². The normalized spacial score (nSPS) is 21.1. The third-order valence-electron chi connectivity index (χ3n) is 7.08. The molecule has 0 radical (unpaired) electrons. The number of primary amides is 1. The van der Waals surface area contributed by atoms with Crippen molar-refractivity contribution in [2.75, 3.05) is 26.7 Å². The Morgan fingerprint density at radius 2 is 1.47 bits per heavy atom. The van der Waals surface area contributed by atoms with Crippen LogP contribution in [-0.2, 0) is 10.2 Å². The summed E-state index contributed by atoms with van der Waals surface area (Å²) < 4.78 is 0.957. The number of rotatable bonds is 8. The molecule has 1 heterocycles. The Morgan fingerprint density at radius 3 is 2.00 bits per heavy atom. The van der Waals surface area contributed by atoms with E-state index in [9.17, 15) is 4.79 Å². The molecule has 2 N–H and O–H groups in total. The summed E-state index contributed by atoms with van der Waals surface area (Å²) >= 11 is 0. The fourth-order valence-electron chi connectivity index (χ4n) is 5.43. The van der Waals surface area contributed by atoms with Crippen LogP contribution in [0, 0.1) is 5.92 Å². The Labute approximate surface area is 191 Å². The van der Waals surface area contributed by atoms with E-state index in [1.54, 1.807) is 0 Å². The van der Waals surface area contributed by atoms with Gasteiger partial charge in [0.2, 0.25) is 5.91 Å². The summed E-state index contributed by atoms with van der Waals surface area (Å²) in [5, 5.41) is 0. The molecule has 0 aromatic heterocycles. The average molecular weight is 426 g/mol. The third-order valence-corrected chi connectivity index (χ3v) is 7.08. The predicted molar refractivity (Wildman–Crippen MR) is 132 cm³/mol. The molecule has 1 aliphatic heterocycles. The summed E-state index contributed by atoms with van der Waals surface area (Å²) in [5.74, 6) is -0.0924. The lowest BCUT2D eigenvalue weighted by molar-refractivity contribution is -0.898. The van der Waals surface area contributed by atoms with Gasteiger partial charge >= 0.3 is 0 Å². The van der Waals surface area contributed by atoms with Gasteiger partial charge in [-0.3, -0.25) is 4.79 Å². The highest BCUT2D eigenvalue weighted by Gasteiger charge is 2.53. The summed E-state index contributed by atoms with van der Waals surface area (Å²) in [4.78, 5) is 13.2. The summed E-state index contributed by atoms with van der Waals surface area (Å²) in [5.41, 5.74) is 8.66. The first-order valence-electron chi connectivity index (χ1n) is 11.5. The Morgan fingerprint density at radius 1 is 0.938 bits per heavy atom. The van der Waals surface area contributed by atoms with Crippen molar-refractivity contribution in [2.24, 2.45) is 11.7 Å². The maximum absolute atomic E-state index is 13.2. The molecule has 3 heteroatoms. The van der Waals surface area contributed by atoms with Crippen LogP contribution in [0.2, 0.25) is 0 Å². The molecule has 0 bridgehead atoms. The van der Waals surface area contributed by atoms with Crippen molar-refractivity contribution in [3.05, 3.63) is 114 Å². The van der Waals surface area contributed by atoms with E-state index in [1.165, 1.54) is 5.56 Å². The van der Waals surface area contributed by atoms with Gasteiger partial charge in [-0.25, -0.2) is 0 Å². The number of likely N-dealkylation sites (tertiary alicyclic amines) is 1. The maximum atomic E-state index is 13.2. The maximum Gasteiger partial charge on any atom is 0.233 e. The van der Waals surface area contributed by atoms with E-state index < -0.39 is 5.41 Å². The highest BCUT2D eigenvalue weighted by molar-refractivity contribution is 5.91. The standard InChI is InChI=1S/C29H32N2O/c1-31(21-12-11-15-24-13-5-2-6-14-24)22-20-27(23-31)29(28(30)32,25-16-7-3-8-17-25)26-18-9-4-10-19-26/h2-11,13-19,27H,12,20-23H2,1H3,(H-,30,32)/p+1/b15-11+. The van der Waals surface area contributed by atoms with Gasteiger partial charge < -0.3 is 10.2 Å². The highest BCUT2D eigenvalue weighted by Crippen LogP contribution is 2.45. The summed E-state index contributed by atoms with van der Waals surface area (Å²) in [6, 6.07) is 30.7. The number of carbonyl (C=O) groups is 1. The molecule has 3 aromatic carbocycles. The average Bonchev–Trinajstić information content (AvgIpc) is 3.21. The summed E-state index contributed by atoms with van der Waals surface area (Å²) in [6.07, 6.45) is 6.45. The Hall–Kier alpha value is -3.17. The van der Waals surface area contributed by atoms with Gasteiger partial charge in [-0.2, -0.15) is 0 Å². The third kappa shape index (κ3) is 4.39. The molecule has 3 aromatic rings. The van der Waals surface area contributed by atoms with Crippen molar-refractivity contribution in [3.63, 3.8) is 0 Å². The lowest BCUT2D eigenvalue weighted by Crippen LogP contribution is -2.51. The van der Waals surface area contributed by atoms with Crippen LogP contribution in [0.5, 0.6) is 0 Å². The van der Waals surface area contributed by atoms with Crippen LogP contribution in [0.15, 0.2) is 97.1 Å². The SMILES string of the molecule is C[N+]1(CC/C=C/c2ccccc2)CCC(C(C(N)=O)(c2ccccc2)c2ccccc2)C1. The van der Waals surface area contributed by atoms with Crippen LogP contribution < -0.4 is 5.73 Å². The van der Waals surface area contributed by atoms with Gasteiger partial charge in [-0.1, -0.05) is 103 Å². The second kappa shape index (κ2) is 9.54. The van der Waals surface area contributed by atoms with Crippen LogP contribution >= 0.6 is 0 Å². The topological polar surface area (TPSA) is 43.1 Å². The summed E-state index contributed by atoms with van der Waals surface area (Å²) in [7, 11) is 2.32. The monoisotopic (exact) mass is 425 g/mol. The fraction of sp³-hybridized carbons (Fsp3) is 0.276. The minimum atomic E-state index is -0.807. The number of quaternary nitrogens is 1. The first-order valence-corrected chi connectivity index (χ1v) is 11.5. The fourth-order valence-corrected chi connectivity index (χ4v) is 5.43. The van der Waals surface area contributed by atoms with Crippen LogP contribution in [-0.4, -0.2) is 37.1 Å². The second-order valence-electron chi connectivity index (χ2n) is 9.24. The Kier molecular flexibility index (Phi) is 6.57. The molecule has 1 amide bonds. The molecular weight excluding hydrogens is 392 g/mol. The van der Waals surface area contributed by atoms with Crippen molar-refractivity contribution in [1.29, 1.82) is 0 Å². The molecule has 1 aliphatic rings. The summed E-state index contributed by atoms with van der Waals surface area (Å²) in [6.45, 7) is 3.04. The van der Waals surface area contributed by atoms with E-state index in [-0.39, 0.29) is 11.8 Å². The number of amides is 1. The molecule has 2 unspecified atom stereocenters. The van der Waals surface area contributed by atoms with E-state index in [0.29, 0.717) is 0 Å². The van der Waals surface area contributed by atoms with Crippen LogP contribution in [0.25, 0.3) is 6.08 Å². The van der Waals surface area contributed by atoms with Crippen LogP contribution in [0.4, 0.5) is 0 Å². The van der Waals surface area contributed by atoms with E-state index in [0.717, 1.165) is 48.1 Å². The molecule has 0 spiro atoms. The van der Waals surface area contributed by atoms with Crippen molar-refractivity contribution in [1.82, 2.24) is 0 Å². The number of benzene rings is 3. The molecule has 1 fully saturated rings. The molecule has 0 aliphatic carbocycles. The Balaban J connectivity index is 1.58. The first-order chi connectivity index (χ1) is 15.5. The zero-order valence-corrected chi connectivity index (χ0v) is 18.9. The number of carbonyl (C=O) groups excluding carboxylic acids is 1. The zero-order chi connectivity index (χ0) is 22.4. The predicted octanol–water partition coefficient (Wildman–Crippen LogP) is 5.03. The second-order valence-corrected chi connectivity index (χ2v) is 9.24. The molecule has 1 saturated heterocycles. The zero-order valence-electron chi connectivity index (χ0n) is 18.9. The van der Waals surface area contributed by atoms with Gasteiger partial charge in [0.05, 0.1) is 26.7 Å². The van der Waals surface area contributed by atoms with E-state index in [1.807, 2.05) is 42.5 Å². The number of nitrogens with zero attached hydrogens (tertiary/aromatic N) is 1. The van der Waals surface area contributed by atoms with E-state index in [2.05, 4.69) is 67.7 Å². The molecule has 3 nitrogen and oxygen atoms in total. The van der Waals surface area contributed by atoms with Gasteiger partial charge in [0.25, 0.3) is 0 Å². The van der Waals surface area contributed by atoms with E-state index >= 15 is 0 Å². The van der Waals surface area contributed by atoms with Gasteiger partial charge in [-0.05, 0) is 16.7 Å². The van der Waals surface area contributed by atoms with Crippen molar-refractivity contribution in [3.8, 4) is 0 Å².